The van der Waals surface area contributed by atoms with E-state index in [9.17, 15) is 9.59 Å². The highest BCUT2D eigenvalue weighted by Gasteiger charge is 2.23. The van der Waals surface area contributed by atoms with Crippen LogP contribution in [0.2, 0.25) is 0 Å². The molecule has 0 bridgehead atoms. The van der Waals surface area contributed by atoms with Gasteiger partial charge in [0.15, 0.2) is 0 Å². The molecule has 1 atom stereocenters. The van der Waals surface area contributed by atoms with Crippen LogP contribution in [0.1, 0.15) is 20.8 Å². The van der Waals surface area contributed by atoms with Gasteiger partial charge >= 0.3 is 0 Å². The van der Waals surface area contributed by atoms with Gasteiger partial charge in [0.1, 0.15) is 5.78 Å². The Morgan fingerprint density at radius 1 is 1.06 bits per heavy atom. The molecule has 0 fully saturated rings. The largest absolute Gasteiger partial charge is 0.325 e. The first-order valence-electron chi connectivity index (χ1n) is 5.42. The molecule has 1 aromatic carbocycles. The van der Waals surface area contributed by atoms with Gasteiger partial charge in [0, 0.05) is 11.6 Å². The van der Waals surface area contributed by atoms with Crippen LogP contribution in [0.5, 0.6) is 0 Å². The Morgan fingerprint density at radius 2 is 1.62 bits per heavy atom. The molecule has 1 rings (SSSR count). The highest BCUT2D eigenvalue weighted by molar-refractivity contribution is 6.07. The van der Waals surface area contributed by atoms with Crippen molar-refractivity contribution in [2.45, 2.75) is 20.8 Å². The summed E-state index contributed by atoms with van der Waals surface area (Å²) >= 11 is 0. The minimum atomic E-state index is -0.597. The first-order valence-corrected chi connectivity index (χ1v) is 5.42. The molecule has 0 aromatic heterocycles. The molecular formula is C13H17NO2. The van der Waals surface area contributed by atoms with Crippen LogP contribution in [0.25, 0.3) is 0 Å². The summed E-state index contributed by atoms with van der Waals surface area (Å²) in [4.78, 5) is 23.3. The molecule has 0 saturated heterocycles. The van der Waals surface area contributed by atoms with E-state index in [-0.39, 0.29) is 17.6 Å². The van der Waals surface area contributed by atoms with Crippen molar-refractivity contribution in [1.29, 1.82) is 0 Å². The van der Waals surface area contributed by atoms with Gasteiger partial charge in [0.05, 0.1) is 5.92 Å². The molecular weight excluding hydrogens is 202 g/mol. The van der Waals surface area contributed by atoms with Crippen LogP contribution in [0, 0.1) is 11.8 Å². The summed E-state index contributed by atoms with van der Waals surface area (Å²) in [6, 6.07) is 9.14. The topological polar surface area (TPSA) is 46.2 Å². The zero-order valence-electron chi connectivity index (χ0n) is 9.86. The molecule has 16 heavy (non-hydrogen) atoms. The molecule has 1 unspecified atom stereocenters. The van der Waals surface area contributed by atoms with Crippen LogP contribution in [0.15, 0.2) is 30.3 Å². The van der Waals surface area contributed by atoms with Gasteiger partial charge in [-0.3, -0.25) is 9.59 Å². The van der Waals surface area contributed by atoms with E-state index in [1.165, 1.54) is 0 Å². The number of carbonyl (C=O) groups excluding carboxylic acids is 2. The van der Waals surface area contributed by atoms with E-state index in [0.29, 0.717) is 0 Å². The van der Waals surface area contributed by atoms with Crippen molar-refractivity contribution < 1.29 is 9.59 Å². The summed E-state index contributed by atoms with van der Waals surface area (Å²) in [5.41, 5.74) is 0.718. The third-order valence-corrected chi connectivity index (χ3v) is 2.43. The van der Waals surface area contributed by atoms with Crippen LogP contribution in [0.4, 0.5) is 5.69 Å². The SMILES string of the molecule is CC(C)C(=O)C(C)C(=O)Nc1ccccc1. The Labute approximate surface area is 95.9 Å². The summed E-state index contributed by atoms with van der Waals surface area (Å²) in [5.74, 6) is -0.991. The smallest absolute Gasteiger partial charge is 0.234 e. The van der Waals surface area contributed by atoms with E-state index in [0.717, 1.165) is 5.69 Å². The number of carbonyl (C=O) groups is 2. The zero-order valence-corrected chi connectivity index (χ0v) is 9.86. The highest BCUT2D eigenvalue weighted by atomic mass is 16.2. The summed E-state index contributed by atoms with van der Waals surface area (Å²) in [6.45, 7) is 5.24. The second-order valence-electron chi connectivity index (χ2n) is 4.13. The number of hydrogen-bond donors (Lipinski definition) is 1. The van der Waals surface area contributed by atoms with Gasteiger partial charge in [0.2, 0.25) is 5.91 Å². The molecule has 1 amide bonds. The van der Waals surface area contributed by atoms with E-state index in [1.807, 2.05) is 18.2 Å². The number of anilines is 1. The normalized spacial score (nSPS) is 12.2. The highest BCUT2D eigenvalue weighted by Crippen LogP contribution is 2.11. The fourth-order valence-corrected chi connectivity index (χ4v) is 1.40. The lowest BCUT2D eigenvalue weighted by atomic mass is 9.96. The number of ketones is 1. The van der Waals surface area contributed by atoms with Crippen molar-refractivity contribution in [2.75, 3.05) is 5.32 Å². The summed E-state index contributed by atoms with van der Waals surface area (Å²) in [5, 5.41) is 2.72. The van der Waals surface area contributed by atoms with Crippen LogP contribution in [-0.4, -0.2) is 11.7 Å². The Hall–Kier alpha value is -1.64. The molecule has 0 heterocycles. The van der Waals surface area contributed by atoms with Crippen molar-refractivity contribution in [3.63, 3.8) is 0 Å². The van der Waals surface area contributed by atoms with Crippen molar-refractivity contribution in [1.82, 2.24) is 0 Å². The first-order chi connectivity index (χ1) is 7.52. The lowest BCUT2D eigenvalue weighted by molar-refractivity contribution is -0.132. The number of para-hydroxylation sites is 1. The van der Waals surface area contributed by atoms with Crippen LogP contribution in [-0.2, 0) is 9.59 Å². The molecule has 3 heteroatoms. The maximum absolute atomic E-state index is 11.7. The third kappa shape index (κ3) is 3.19. The molecule has 1 N–H and O–H groups in total. The Kier molecular flexibility index (Phi) is 4.23. The Bertz CT molecular complexity index is 371. The molecule has 0 saturated carbocycles. The molecule has 86 valence electrons. The second-order valence-corrected chi connectivity index (χ2v) is 4.13. The standard InChI is InChI=1S/C13H17NO2/c1-9(2)12(15)10(3)13(16)14-11-7-5-4-6-8-11/h4-10H,1-3H3,(H,14,16). The molecule has 0 aliphatic heterocycles. The van der Waals surface area contributed by atoms with Crippen molar-refractivity contribution in [2.24, 2.45) is 11.8 Å². The average Bonchev–Trinajstić information content (AvgIpc) is 2.28. The van der Waals surface area contributed by atoms with Gasteiger partial charge < -0.3 is 5.32 Å². The minimum Gasteiger partial charge on any atom is -0.325 e. The van der Waals surface area contributed by atoms with E-state index in [2.05, 4.69) is 5.32 Å². The molecule has 0 aliphatic rings. The quantitative estimate of drug-likeness (QED) is 0.791. The van der Waals surface area contributed by atoms with E-state index in [4.69, 9.17) is 0 Å². The lowest BCUT2D eigenvalue weighted by Gasteiger charge is -2.13. The Balaban J connectivity index is 2.63. The summed E-state index contributed by atoms with van der Waals surface area (Å²) in [7, 11) is 0. The van der Waals surface area contributed by atoms with Crippen molar-refractivity contribution in [3.8, 4) is 0 Å². The van der Waals surface area contributed by atoms with Crippen LogP contribution >= 0.6 is 0 Å². The minimum absolute atomic E-state index is 0.0339. The fourth-order valence-electron chi connectivity index (χ4n) is 1.40. The predicted octanol–water partition coefficient (Wildman–Crippen LogP) is 2.49. The lowest BCUT2D eigenvalue weighted by Crippen LogP contribution is -2.29. The van der Waals surface area contributed by atoms with Crippen LogP contribution in [0.3, 0.4) is 0 Å². The third-order valence-electron chi connectivity index (χ3n) is 2.43. The van der Waals surface area contributed by atoms with Gasteiger partial charge in [-0.05, 0) is 19.1 Å². The second kappa shape index (κ2) is 5.45. The first kappa shape index (κ1) is 12.4. The number of rotatable bonds is 4. The Morgan fingerprint density at radius 3 is 2.12 bits per heavy atom. The van der Waals surface area contributed by atoms with Gasteiger partial charge in [-0.15, -0.1) is 0 Å². The van der Waals surface area contributed by atoms with Gasteiger partial charge in [-0.2, -0.15) is 0 Å². The van der Waals surface area contributed by atoms with Gasteiger partial charge in [0.25, 0.3) is 0 Å². The monoisotopic (exact) mass is 219 g/mol. The molecule has 0 spiro atoms. The number of amides is 1. The van der Waals surface area contributed by atoms with E-state index < -0.39 is 5.92 Å². The van der Waals surface area contributed by atoms with E-state index in [1.54, 1.807) is 32.9 Å². The molecule has 0 radical (unpaired) electrons. The number of Topliss-reactive ketones (excluding diaryl/α,β-unsaturated/α-hetero) is 1. The van der Waals surface area contributed by atoms with Gasteiger partial charge in [-0.25, -0.2) is 0 Å². The van der Waals surface area contributed by atoms with Crippen LogP contribution < -0.4 is 5.32 Å². The number of hydrogen-bond acceptors (Lipinski definition) is 2. The summed E-state index contributed by atoms with van der Waals surface area (Å²) < 4.78 is 0. The molecule has 1 aromatic rings. The molecule has 3 nitrogen and oxygen atoms in total. The fraction of sp³-hybridized carbons (Fsp3) is 0.385. The van der Waals surface area contributed by atoms with Crippen molar-refractivity contribution in [3.05, 3.63) is 30.3 Å². The number of nitrogens with one attached hydrogen (secondary N) is 1. The van der Waals surface area contributed by atoms with Gasteiger partial charge in [-0.1, -0.05) is 32.0 Å². The average molecular weight is 219 g/mol. The number of benzene rings is 1. The summed E-state index contributed by atoms with van der Waals surface area (Å²) in [6.07, 6.45) is 0. The van der Waals surface area contributed by atoms with Crippen molar-refractivity contribution >= 4 is 17.4 Å². The van der Waals surface area contributed by atoms with E-state index >= 15 is 0 Å². The maximum atomic E-state index is 11.7. The predicted molar refractivity (Wildman–Crippen MR) is 64.1 cm³/mol. The molecule has 0 aliphatic carbocycles. The maximum Gasteiger partial charge on any atom is 0.234 e. The zero-order chi connectivity index (χ0) is 12.1.